The van der Waals surface area contributed by atoms with Crippen molar-refractivity contribution in [3.63, 3.8) is 0 Å². The van der Waals surface area contributed by atoms with Gasteiger partial charge in [0.05, 0.1) is 6.54 Å². The molecule has 0 saturated carbocycles. The molecule has 136 valence electrons. The van der Waals surface area contributed by atoms with Gasteiger partial charge in [-0.15, -0.1) is 0 Å². The van der Waals surface area contributed by atoms with Crippen molar-refractivity contribution >= 4 is 23.4 Å². The van der Waals surface area contributed by atoms with Gasteiger partial charge in [-0.25, -0.2) is 4.39 Å². The van der Waals surface area contributed by atoms with Crippen LogP contribution >= 0.6 is 0 Å². The first-order valence-electron chi connectivity index (χ1n) is 7.99. The standard InChI is InChI=1S/C19H20FN3O3/c1-13(24)21-11-14-3-5-15(6-4-14)19(26)23(2)12-18(25)22-17-9-7-16(20)8-10-17/h3-10H,11-12H2,1-2H3,(H,21,24)(H,22,25). The Labute approximate surface area is 151 Å². The molecule has 0 aliphatic heterocycles. The van der Waals surface area contributed by atoms with Crippen LogP contribution in [0.3, 0.4) is 0 Å². The number of hydrogen-bond donors (Lipinski definition) is 2. The summed E-state index contributed by atoms with van der Waals surface area (Å²) in [5, 5.41) is 5.28. The molecule has 2 aromatic carbocycles. The first-order chi connectivity index (χ1) is 12.3. The average Bonchev–Trinajstić information content (AvgIpc) is 2.61. The second-order valence-electron chi connectivity index (χ2n) is 5.82. The molecule has 6 nitrogen and oxygen atoms in total. The normalized spacial score (nSPS) is 10.1. The van der Waals surface area contributed by atoms with Gasteiger partial charge in [-0.1, -0.05) is 12.1 Å². The second-order valence-corrected chi connectivity index (χ2v) is 5.82. The monoisotopic (exact) mass is 357 g/mol. The Morgan fingerprint density at radius 3 is 2.19 bits per heavy atom. The van der Waals surface area contributed by atoms with E-state index < -0.39 is 5.82 Å². The maximum absolute atomic E-state index is 12.9. The van der Waals surface area contributed by atoms with Crippen LogP contribution in [0.4, 0.5) is 10.1 Å². The Balaban J connectivity index is 1.90. The molecule has 0 aliphatic carbocycles. The quantitative estimate of drug-likeness (QED) is 0.832. The van der Waals surface area contributed by atoms with Gasteiger partial charge in [0.25, 0.3) is 5.91 Å². The Morgan fingerprint density at radius 1 is 1.00 bits per heavy atom. The number of anilines is 1. The van der Waals surface area contributed by atoms with Gasteiger partial charge in [-0.2, -0.15) is 0 Å². The van der Waals surface area contributed by atoms with Gasteiger partial charge in [0.2, 0.25) is 11.8 Å². The van der Waals surface area contributed by atoms with Crippen molar-refractivity contribution in [1.29, 1.82) is 0 Å². The number of amides is 3. The molecule has 26 heavy (non-hydrogen) atoms. The topological polar surface area (TPSA) is 78.5 Å². The third kappa shape index (κ3) is 5.70. The zero-order valence-corrected chi connectivity index (χ0v) is 14.6. The van der Waals surface area contributed by atoms with Crippen molar-refractivity contribution in [3.05, 3.63) is 65.5 Å². The average molecular weight is 357 g/mol. The molecule has 0 unspecified atom stereocenters. The molecule has 7 heteroatoms. The molecular weight excluding hydrogens is 337 g/mol. The highest BCUT2D eigenvalue weighted by atomic mass is 19.1. The molecule has 0 saturated heterocycles. The minimum Gasteiger partial charge on any atom is -0.352 e. The molecule has 3 amide bonds. The van der Waals surface area contributed by atoms with Crippen LogP contribution in [0.15, 0.2) is 48.5 Å². The van der Waals surface area contributed by atoms with Crippen LogP contribution in [-0.4, -0.2) is 36.2 Å². The van der Waals surface area contributed by atoms with E-state index in [1.165, 1.54) is 43.1 Å². The van der Waals surface area contributed by atoms with Gasteiger partial charge in [-0.05, 0) is 42.0 Å². The maximum atomic E-state index is 12.9. The van der Waals surface area contributed by atoms with Crippen LogP contribution in [0.2, 0.25) is 0 Å². The number of benzene rings is 2. The molecule has 0 aliphatic rings. The highest BCUT2D eigenvalue weighted by Gasteiger charge is 2.15. The van der Waals surface area contributed by atoms with Crippen LogP contribution in [0.1, 0.15) is 22.8 Å². The molecule has 0 heterocycles. The largest absolute Gasteiger partial charge is 0.352 e. The van der Waals surface area contributed by atoms with Gasteiger partial charge in [0, 0.05) is 31.8 Å². The molecule has 2 rings (SSSR count). The van der Waals surface area contributed by atoms with E-state index in [2.05, 4.69) is 10.6 Å². The molecule has 0 atom stereocenters. The Hall–Kier alpha value is -3.22. The van der Waals surface area contributed by atoms with Crippen molar-refractivity contribution in [2.45, 2.75) is 13.5 Å². The first kappa shape index (κ1) is 19.1. The van der Waals surface area contributed by atoms with Crippen LogP contribution in [-0.2, 0) is 16.1 Å². The third-order valence-electron chi connectivity index (χ3n) is 3.60. The number of likely N-dealkylation sites (N-methyl/N-ethyl adjacent to an activating group) is 1. The predicted octanol–water partition coefficient (Wildman–Crippen LogP) is 2.17. The lowest BCUT2D eigenvalue weighted by atomic mass is 10.1. The maximum Gasteiger partial charge on any atom is 0.254 e. The van der Waals surface area contributed by atoms with Crippen molar-refractivity contribution in [1.82, 2.24) is 10.2 Å². The fourth-order valence-electron chi connectivity index (χ4n) is 2.23. The van der Waals surface area contributed by atoms with Gasteiger partial charge >= 0.3 is 0 Å². The molecule has 0 fully saturated rings. The van der Waals surface area contributed by atoms with Crippen LogP contribution in [0, 0.1) is 5.82 Å². The SMILES string of the molecule is CC(=O)NCc1ccc(C(=O)N(C)CC(=O)Nc2ccc(F)cc2)cc1. The fraction of sp³-hybridized carbons (Fsp3) is 0.211. The number of nitrogens with one attached hydrogen (secondary N) is 2. The van der Waals surface area contributed by atoms with E-state index in [9.17, 15) is 18.8 Å². The summed E-state index contributed by atoms with van der Waals surface area (Å²) < 4.78 is 12.9. The molecular formula is C19H20FN3O3. The Morgan fingerprint density at radius 2 is 1.62 bits per heavy atom. The van der Waals surface area contributed by atoms with Crippen molar-refractivity contribution < 1.29 is 18.8 Å². The third-order valence-corrected chi connectivity index (χ3v) is 3.60. The van der Waals surface area contributed by atoms with Crippen LogP contribution < -0.4 is 10.6 Å². The van der Waals surface area contributed by atoms with Crippen molar-refractivity contribution in [2.75, 3.05) is 18.9 Å². The van der Waals surface area contributed by atoms with E-state index in [-0.39, 0.29) is 24.3 Å². The van der Waals surface area contributed by atoms with Crippen molar-refractivity contribution in [2.24, 2.45) is 0 Å². The Bertz CT molecular complexity index is 789. The molecule has 0 bridgehead atoms. The lowest BCUT2D eigenvalue weighted by Gasteiger charge is -2.17. The van der Waals surface area contributed by atoms with E-state index in [1.807, 2.05) is 0 Å². The lowest BCUT2D eigenvalue weighted by molar-refractivity contribution is -0.119. The summed E-state index contributed by atoms with van der Waals surface area (Å²) in [6.07, 6.45) is 0. The summed E-state index contributed by atoms with van der Waals surface area (Å²) in [6, 6.07) is 12.2. The van der Waals surface area contributed by atoms with Crippen molar-refractivity contribution in [3.8, 4) is 0 Å². The van der Waals surface area contributed by atoms with Gasteiger partial charge in [0.1, 0.15) is 5.82 Å². The molecule has 2 N–H and O–H groups in total. The number of rotatable bonds is 6. The van der Waals surface area contributed by atoms with E-state index >= 15 is 0 Å². The fourth-order valence-corrected chi connectivity index (χ4v) is 2.23. The number of nitrogens with zero attached hydrogens (tertiary/aromatic N) is 1. The highest BCUT2D eigenvalue weighted by Crippen LogP contribution is 2.10. The first-order valence-corrected chi connectivity index (χ1v) is 7.99. The summed E-state index contributed by atoms with van der Waals surface area (Å²) in [6.45, 7) is 1.69. The minimum atomic E-state index is -0.391. The number of carbonyl (C=O) groups excluding carboxylic acids is 3. The van der Waals surface area contributed by atoms with E-state index in [0.717, 1.165) is 5.56 Å². The van der Waals surface area contributed by atoms with Gasteiger partial charge in [-0.3, -0.25) is 14.4 Å². The summed E-state index contributed by atoms with van der Waals surface area (Å²) in [5.41, 5.74) is 1.77. The second kappa shape index (κ2) is 8.75. The summed E-state index contributed by atoms with van der Waals surface area (Å²) >= 11 is 0. The smallest absolute Gasteiger partial charge is 0.254 e. The minimum absolute atomic E-state index is 0.128. The van der Waals surface area contributed by atoms with Crippen LogP contribution in [0.25, 0.3) is 0 Å². The molecule has 2 aromatic rings. The van der Waals surface area contributed by atoms with Gasteiger partial charge < -0.3 is 15.5 Å². The van der Waals surface area contributed by atoms with E-state index in [1.54, 1.807) is 24.3 Å². The van der Waals surface area contributed by atoms with E-state index in [0.29, 0.717) is 17.8 Å². The van der Waals surface area contributed by atoms with Crippen LogP contribution in [0.5, 0.6) is 0 Å². The summed E-state index contributed by atoms with van der Waals surface area (Å²) in [7, 11) is 1.53. The predicted molar refractivity (Wildman–Crippen MR) is 96.0 cm³/mol. The zero-order chi connectivity index (χ0) is 19.1. The molecule has 0 radical (unpaired) electrons. The summed E-state index contributed by atoms with van der Waals surface area (Å²) in [5.74, 6) is -1.20. The zero-order valence-electron chi connectivity index (χ0n) is 14.6. The van der Waals surface area contributed by atoms with E-state index in [4.69, 9.17) is 0 Å². The molecule has 0 aromatic heterocycles. The molecule has 0 spiro atoms. The number of halogens is 1. The lowest BCUT2D eigenvalue weighted by Crippen LogP contribution is -2.34. The Kier molecular flexibility index (Phi) is 6.43. The highest BCUT2D eigenvalue weighted by molar-refractivity contribution is 5.99. The number of hydrogen-bond acceptors (Lipinski definition) is 3. The number of carbonyl (C=O) groups is 3. The van der Waals surface area contributed by atoms with Gasteiger partial charge in [0.15, 0.2) is 0 Å². The summed E-state index contributed by atoms with van der Waals surface area (Å²) in [4.78, 5) is 36.6.